The Morgan fingerprint density at radius 1 is 1.12 bits per heavy atom. The summed E-state index contributed by atoms with van der Waals surface area (Å²) in [6.45, 7) is 4.54. The van der Waals surface area contributed by atoms with Crippen LogP contribution < -0.4 is 0 Å². The molecule has 1 amide bonds. The highest BCUT2D eigenvalue weighted by atomic mass is 16.6. The minimum Gasteiger partial charge on any atom is -0.448 e. The maximum absolute atomic E-state index is 12.5. The number of nitrogens with zero attached hydrogens (tertiary/aromatic N) is 1. The van der Waals surface area contributed by atoms with Crippen LogP contribution in [0, 0.1) is 0 Å². The molecule has 0 aromatic heterocycles. The maximum Gasteiger partial charge on any atom is 0.410 e. The Balaban J connectivity index is 1.78. The second-order valence-corrected chi connectivity index (χ2v) is 6.48. The first-order chi connectivity index (χ1) is 12.2. The van der Waals surface area contributed by atoms with Crippen LogP contribution in [0.4, 0.5) is 4.79 Å². The van der Waals surface area contributed by atoms with Crippen LogP contribution in [0.3, 0.4) is 0 Å². The van der Waals surface area contributed by atoms with E-state index in [1.807, 2.05) is 38.1 Å². The van der Waals surface area contributed by atoms with Crippen molar-refractivity contribution in [3.63, 3.8) is 0 Å². The first-order valence-electron chi connectivity index (χ1n) is 8.89. The van der Waals surface area contributed by atoms with Crippen LogP contribution >= 0.6 is 0 Å². The average molecular weight is 339 g/mol. The van der Waals surface area contributed by atoms with Crippen molar-refractivity contribution in [2.75, 3.05) is 19.8 Å². The van der Waals surface area contributed by atoms with Gasteiger partial charge in [-0.3, -0.25) is 0 Å². The molecular formula is C21H25NO3. The minimum atomic E-state index is -0.356. The smallest absolute Gasteiger partial charge is 0.410 e. The molecule has 4 heteroatoms. The van der Waals surface area contributed by atoms with Gasteiger partial charge in [-0.05, 0) is 35.6 Å². The summed E-state index contributed by atoms with van der Waals surface area (Å²) in [5.41, 5.74) is 4.84. The summed E-state index contributed by atoms with van der Waals surface area (Å²) < 4.78 is 5.65. The molecule has 0 spiro atoms. The van der Waals surface area contributed by atoms with Gasteiger partial charge in [0.25, 0.3) is 0 Å². The quantitative estimate of drug-likeness (QED) is 0.864. The highest BCUT2D eigenvalue weighted by Crippen LogP contribution is 2.44. The summed E-state index contributed by atoms with van der Waals surface area (Å²) in [6.07, 6.45) is 0.467. The molecule has 0 heterocycles. The molecule has 0 bridgehead atoms. The van der Waals surface area contributed by atoms with E-state index < -0.39 is 0 Å². The zero-order chi connectivity index (χ0) is 17.8. The predicted molar refractivity (Wildman–Crippen MR) is 98.6 cm³/mol. The Bertz CT molecular complexity index is 698. The van der Waals surface area contributed by atoms with E-state index in [1.54, 1.807) is 4.90 Å². The largest absolute Gasteiger partial charge is 0.448 e. The van der Waals surface area contributed by atoms with Crippen LogP contribution in [0.2, 0.25) is 0 Å². The molecule has 132 valence electrons. The average Bonchev–Trinajstić information content (AvgIpc) is 2.97. The molecule has 1 unspecified atom stereocenters. The van der Waals surface area contributed by atoms with Crippen molar-refractivity contribution >= 4 is 6.09 Å². The number of amides is 1. The molecule has 0 saturated heterocycles. The van der Waals surface area contributed by atoms with Gasteiger partial charge in [-0.1, -0.05) is 55.5 Å². The van der Waals surface area contributed by atoms with E-state index in [2.05, 4.69) is 24.3 Å². The normalized spacial score (nSPS) is 13.9. The van der Waals surface area contributed by atoms with Crippen LogP contribution in [0.15, 0.2) is 48.5 Å². The van der Waals surface area contributed by atoms with E-state index >= 15 is 0 Å². The summed E-state index contributed by atoms with van der Waals surface area (Å²) in [6, 6.07) is 16.6. The van der Waals surface area contributed by atoms with Crippen LogP contribution in [0.1, 0.15) is 37.3 Å². The van der Waals surface area contributed by atoms with Gasteiger partial charge in [0.1, 0.15) is 6.61 Å². The lowest BCUT2D eigenvalue weighted by Gasteiger charge is -2.27. The zero-order valence-corrected chi connectivity index (χ0v) is 14.8. The number of aliphatic hydroxyl groups excluding tert-OH is 1. The summed E-state index contributed by atoms with van der Waals surface area (Å²) in [5, 5.41) is 9.22. The monoisotopic (exact) mass is 339 g/mol. The standard InChI is InChI=1S/C21H25NO3/c1-3-15(2)22(12-13-23)21(24)25-14-20-18-10-6-4-8-16(18)17-9-5-7-11-19(17)20/h4-11,15,20,23H,3,12-14H2,1-2H3. The number of carbonyl (C=O) groups is 1. The van der Waals surface area contributed by atoms with Crippen LogP contribution in [-0.2, 0) is 4.74 Å². The number of ether oxygens (including phenoxy) is 1. The number of hydrogen-bond acceptors (Lipinski definition) is 3. The van der Waals surface area contributed by atoms with Crippen LogP contribution in [0.5, 0.6) is 0 Å². The molecule has 2 aromatic carbocycles. The highest BCUT2D eigenvalue weighted by Gasteiger charge is 2.30. The molecule has 0 radical (unpaired) electrons. The number of carbonyl (C=O) groups excluding carboxylic acids is 1. The van der Waals surface area contributed by atoms with Crippen molar-refractivity contribution in [3.8, 4) is 11.1 Å². The fourth-order valence-corrected chi connectivity index (χ4v) is 3.50. The van der Waals surface area contributed by atoms with Gasteiger partial charge in [0.05, 0.1) is 6.61 Å². The van der Waals surface area contributed by atoms with Crippen molar-refractivity contribution in [1.29, 1.82) is 0 Å². The van der Waals surface area contributed by atoms with E-state index in [0.717, 1.165) is 6.42 Å². The third-order valence-electron chi connectivity index (χ3n) is 5.03. The van der Waals surface area contributed by atoms with Gasteiger partial charge in [-0.15, -0.1) is 0 Å². The molecule has 1 atom stereocenters. The molecule has 3 rings (SSSR count). The molecule has 0 aliphatic heterocycles. The molecule has 2 aromatic rings. The van der Waals surface area contributed by atoms with E-state index in [-0.39, 0.29) is 24.7 Å². The van der Waals surface area contributed by atoms with Crippen molar-refractivity contribution in [2.24, 2.45) is 0 Å². The number of aliphatic hydroxyl groups is 1. The highest BCUT2D eigenvalue weighted by molar-refractivity contribution is 5.79. The molecular weight excluding hydrogens is 314 g/mol. The van der Waals surface area contributed by atoms with Gasteiger partial charge in [0.15, 0.2) is 0 Å². The van der Waals surface area contributed by atoms with Crippen molar-refractivity contribution in [2.45, 2.75) is 32.2 Å². The summed E-state index contributed by atoms with van der Waals surface area (Å²) in [4.78, 5) is 14.1. The molecule has 4 nitrogen and oxygen atoms in total. The molecule has 1 aliphatic carbocycles. The number of benzene rings is 2. The third-order valence-corrected chi connectivity index (χ3v) is 5.03. The number of rotatable bonds is 6. The second kappa shape index (κ2) is 7.70. The lowest BCUT2D eigenvalue weighted by Crippen LogP contribution is -2.41. The molecule has 25 heavy (non-hydrogen) atoms. The SMILES string of the molecule is CCC(C)N(CCO)C(=O)OCC1c2ccccc2-c2ccccc21. The zero-order valence-electron chi connectivity index (χ0n) is 14.8. The number of hydrogen-bond donors (Lipinski definition) is 1. The lowest BCUT2D eigenvalue weighted by molar-refractivity contribution is 0.0770. The van der Waals surface area contributed by atoms with Gasteiger partial charge < -0.3 is 14.7 Å². The second-order valence-electron chi connectivity index (χ2n) is 6.48. The van der Waals surface area contributed by atoms with Gasteiger partial charge in [0.2, 0.25) is 0 Å². The van der Waals surface area contributed by atoms with Gasteiger partial charge in [-0.2, -0.15) is 0 Å². The Labute approximate surface area is 149 Å². The maximum atomic E-state index is 12.5. The summed E-state index contributed by atoms with van der Waals surface area (Å²) in [5.74, 6) is 0.0595. The van der Waals surface area contributed by atoms with Crippen LogP contribution in [-0.4, -0.2) is 41.9 Å². The topological polar surface area (TPSA) is 49.8 Å². The number of fused-ring (bicyclic) bond motifs is 3. The van der Waals surface area contributed by atoms with E-state index in [1.165, 1.54) is 22.3 Å². The van der Waals surface area contributed by atoms with Crippen molar-refractivity contribution in [3.05, 3.63) is 59.7 Å². The van der Waals surface area contributed by atoms with Crippen molar-refractivity contribution in [1.82, 2.24) is 4.90 Å². The first kappa shape index (κ1) is 17.5. The fourth-order valence-electron chi connectivity index (χ4n) is 3.50. The van der Waals surface area contributed by atoms with Crippen molar-refractivity contribution < 1.29 is 14.6 Å². The Morgan fingerprint density at radius 3 is 2.20 bits per heavy atom. The lowest BCUT2D eigenvalue weighted by atomic mass is 9.98. The molecule has 1 aliphatic rings. The third kappa shape index (κ3) is 3.40. The summed E-state index contributed by atoms with van der Waals surface area (Å²) >= 11 is 0. The van der Waals surface area contributed by atoms with Crippen LogP contribution in [0.25, 0.3) is 11.1 Å². The molecule has 1 N–H and O–H groups in total. The molecule has 0 saturated carbocycles. The van der Waals surface area contributed by atoms with E-state index in [4.69, 9.17) is 4.74 Å². The first-order valence-corrected chi connectivity index (χ1v) is 8.89. The predicted octanol–water partition coefficient (Wildman–Crippen LogP) is 4.03. The Morgan fingerprint density at radius 2 is 1.68 bits per heavy atom. The van der Waals surface area contributed by atoms with Gasteiger partial charge >= 0.3 is 6.09 Å². The van der Waals surface area contributed by atoms with E-state index in [0.29, 0.717) is 13.2 Å². The summed E-state index contributed by atoms with van der Waals surface area (Å²) in [7, 11) is 0. The fraction of sp³-hybridized carbons (Fsp3) is 0.381. The molecule has 0 fully saturated rings. The Hall–Kier alpha value is -2.33. The Kier molecular flexibility index (Phi) is 5.39. The van der Waals surface area contributed by atoms with Gasteiger partial charge in [-0.25, -0.2) is 4.79 Å². The van der Waals surface area contributed by atoms with Gasteiger partial charge in [0, 0.05) is 18.5 Å². The minimum absolute atomic E-state index is 0.0443. The van der Waals surface area contributed by atoms with E-state index in [9.17, 15) is 9.90 Å².